The average Bonchev–Trinajstić information content (AvgIpc) is 2.48. The maximum atomic E-state index is 12.3. The van der Waals surface area contributed by atoms with Crippen LogP contribution in [0.1, 0.15) is 18.5 Å². The number of rotatable bonds is 4. The van der Waals surface area contributed by atoms with Crippen LogP contribution >= 0.6 is 0 Å². The first-order valence-corrected chi connectivity index (χ1v) is 6.40. The molecule has 1 atom stereocenters. The fourth-order valence-electron chi connectivity index (χ4n) is 2.17. The highest BCUT2D eigenvalue weighted by atomic mass is 16.1. The van der Waals surface area contributed by atoms with Crippen LogP contribution in [0, 0.1) is 35.5 Å². The summed E-state index contributed by atoms with van der Waals surface area (Å²) in [5, 5.41) is 23.4. The van der Waals surface area contributed by atoms with Gasteiger partial charge in [0.15, 0.2) is 0 Å². The van der Waals surface area contributed by atoms with Crippen LogP contribution < -0.4 is 5.56 Å². The smallest absolute Gasteiger partial charge is 0.267 e. The van der Waals surface area contributed by atoms with E-state index >= 15 is 0 Å². The van der Waals surface area contributed by atoms with Gasteiger partial charge in [0, 0.05) is 11.8 Å². The maximum Gasteiger partial charge on any atom is 0.274 e. The highest BCUT2D eigenvalue weighted by Gasteiger charge is 2.13. The van der Waals surface area contributed by atoms with Gasteiger partial charge in [-0.3, -0.25) is 4.79 Å². The van der Waals surface area contributed by atoms with Gasteiger partial charge in [0.05, 0.1) is 35.7 Å². The number of hydrogen-bond donors (Lipinski definition) is 0. The second-order valence-corrected chi connectivity index (χ2v) is 4.64. The first-order valence-electron chi connectivity index (χ1n) is 6.40. The van der Waals surface area contributed by atoms with Crippen LogP contribution in [0.3, 0.4) is 0 Å². The lowest BCUT2D eigenvalue weighted by Crippen LogP contribution is -2.27. The molecular formula is C15H14N4O. The molecule has 0 unspecified atom stereocenters. The minimum absolute atomic E-state index is 0.191. The molecule has 1 heterocycles. The van der Waals surface area contributed by atoms with E-state index in [1.165, 1.54) is 4.68 Å². The molecule has 1 aromatic carbocycles. The van der Waals surface area contributed by atoms with E-state index in [2.05, 4.69) is 11.2 Å². The zero-order valence-corrected chi connectivity index (χ0v) is 11.2. The molecule has 0 radical (unpaired) electrons. The van der Waals surface area contributed by atoms with E-state index in [1.54, 1.807) is 6.07 Å². The van der Waals surface area contributed by atoms with Crippen LogP contribution in [0.2, 0.25) is 0 Å². The van der Waals surface area contributed by atoms with Gasteiger partial charge in [-0.1, -0.05) is 18.2 Å². The predicted molar refractivity (Wildman–Crippen MR) is 74.7 cm³/mol. The van der Waals surface area contributed by atoms with Crippen LogP contribution in [0.15, 0.2) is 29.1 Å². The molecule has 0 saturated heterocycles. The molecule has 0 spiro atoms. The SMILES string of the molecule is Cc1nn(C[C@H](C#N)CCC#N)c(=O)c2ccccc12. The van der Waals surface area contributed by atoms with Gasteiger partial charge >= 0.3 is 0 Å². The summed E-state index contributed by atoms with van der Waals surface area (Å²) in [6.45, 7) is 2.07. The van der Waals surface area contributed by atoms with Gasteiger partial charge in [0.2, 0.25) is 0 Å². The van der Waals surface area contributed by atoms with Gasteiger partial charge in [0.25, 0.3) is 5.56 Å². The van der Waals surface area contributed by atoms with Crippen molar-refractivity contribution in [3.63, 3.8) is 0 Å². The molecule has 0 aliphatic heterocycles. The Kier molecular flexibility index (Phi) is 4.12. The fraction of sp³-hybridized carbons (Fsp3) is 0.333. The van der Waals surface area contributed by atoms with E-state index in [0.29, 0.717) is 18.2 Å². The number of fused-ring (bicyclic) bond motifs is 1. The van der Waals surface area contributed by atoms with E-state index in [0.717, 1.165) is 11.1 Å². The van der Waals surface area contributed by atoms with Crippen LogP contribution in [0.4, 0.5) is 0 Å². The van der Waals surface area contributed by atoms with Crippen molar-refractivity contribution in [3.05, 3.63) is 40.3 Å². The average molecular weight is 266 g/mol. The zero-order chi connectivity index (χ0) is 14.5. The molecular weight excluding hydrogens is 252 g/mol. The Hall–Kier alpha value is -2.66. The zero-order valence-electron chi connectivity index (χ0n) is 11.2. The molecule has 2 aromatic rings. The Bertz CT molecular complexity index is 764. The topological polar surface area (TPSA) is 82.5 Å². The molecule has 2 rings (SSSR count). The summed E-state index contributed by atoms with van der Waals surface area (Å²) in [6, 6.07) is 11.4. The second-order valence-electron chi connectivity index (χ2n) is 4.64. The van der Waals surface area contributed by atoms with Crippen molar-refractivity contribution in [1.29, 1.82) is 10.5 Å². The van der Waals surface area contributed by atoms with Gasteiger partial charge in [-0.15, -0.1) is 0 Å². The first-order chi connectivity index (χ1) is 9.67. The van der Waals surface area contributed by atoms with E-state index in [-0.39, 0.29) is 18.0 Å². The van der Waals surface area contributed by atoms with Crippen molar-refractivity contribution < 1.29 is 0 Å². The molecule has 0 saturated carbocycles. The normalized spacial score (nSPS) is 11.8. The third kappa shape index (κ3) is 2.67. The lowest BCUT2D eigenvalue weighted by Gasteiger charge is -2.11. The summed E-state index contributed by atoms with van der Waals surface area (Å²) in [6.07, 6.45) is 0.756. The van der Waals surface area contributed by atoms with Gasteiger partial charge in [0.1, 0.15) is 0 Å². The van der Waals surface area contributed by atoms with Gasteiger partial charge in [-0.2, -0.15) is 15.6 Å². The summed E-state index contributed by atoms with van der Waals surface area (Å²) in [5.74, 6) is -0.375. The van der Waals surface area contributed by atoms with Gasteiger partial charge in [-0.05, 0) is 19.4 Å². The Labute approximate surface area is 116 Å². The van der Waals surface area contributed by atoms with Crippen LogP contribution in [-0.4, -0.2) is 9.78 Å². The lowest BCUT2D eigenvalue weighted by atomic mass is 10.1. The highest BCUT2D eigenvalue weighted by molar-refractivity contribution is 5.83. The molecule has 1 aromatic heterocycles. The number of aromatic nitrogens is 2. The Morgan fingerprint density at radius 1 is 1.30 bits per heavy atom. The number of benzene rings is 1. The van der Waals surface area contributed by atoms with Crippen LogP contribution in [-0.2, 0) is 6.54 Å². The van der Waals surface area contributed by atoms with Crippen molar-refractivity contribution in [2.45, 2.75) is 26.3 Å². The number of aryl methyl sites for hydroxylation is 1. The Balaban J connectivity index is 2.41. The number of nitriles is 2. The van der Waals surface area contributed by atoms with Crippen LogP contribution in [0.5, 0.6) is 0 Å². The van der Waals surface area contributed by atoms with E-state index in [9.17, 15) is 4.79 Å². The van der Waals surface area contributed by atoms with Gasteiger partial charge in [-0.25, -0.2) is 4.68 Å². The Morgan fingerprint density at radius 3 is 2.65 bits per heavy atom. The number of nitrogens with zero attached hydrogens (tertiary/aromatic N) is 4. The summed E-state index contributed by atoms with van der Waals surface area (Å²) in [5.41, 5.74) is 0.570. The maximum absolute atomic E-state index is 12.3. The summed E-state index contributed by atoms with van der Waals surface area (Å²) in [4.78, 5) is 12.3. The molecule has 0 N–H and O–H groups in total. The molecule has 0 aliphatic carbocycles. The number of hydrogen-bond acceptors (Lipinski definition) is 4. The third-order valence-electron chi connectivity index (χ3n) is 3.23. The predicted octanol–water partition coefficient (Wildman–Crippen LogP) is 2.15. The summed E-state index contributed by atoms with van der Waals surface area (Å²) >= 11 is 0. The molecule has 0 fully saturated rings. The van der Waals surface area contributed by atoms with Crippen LogP contribution in [0.25, 0.3) is 10.8 Å². The fourth-order valence-corrected chi connectivity index (χ4v) is 2.17. The van der Waals surface area contributed by atoms with E-state index in [1.807, 2.05) is 31.2 Å². The highest BCUT2D eigenvalue weighted by Crippen LogP contribution is 2.13. The first kappa shape index (κ1) is 13.8. The van der Waals surface area contributed by atoms with Crippen molar-refractivity contribution in [1.82, 2.24) is 9.78 Å². The molecule has 20 heavy (non-hydrogen) atoms. The monoisotopic (exact) mass is 266 g/mol. The molecule has 100 valence electrons. The van der Waals surface area contributed by atoms with E-state index < -0.39 is 0 Å². The minimum Gasteiger partial charge on any atom is -0.267 e. The second kappa shape index (κ2) is 5.99. The quantitative estimate of drug-likeness (QED) is 0.848. The molecule has 5 heteroatoms. The van der Waals surface area contributed by atoms with E-state index in [4.69, 9.17) is 10.5 Å². The van der Waals surface area contributed by atoms with Gasteiger partial charge < -0.3 is 0 Å². The summed E-state index contributed by atoms with van der Waals surface area (Å²) < 4.78 is 1.34. The van der Waals surface area contributed by atoms with Crippen molar-refractivity contribution in [2.24, 2.45) is 5.92 Å². The molecule has 0 bridgehead atoms. The molecule has 0 aliphatic rings. The summed E-state index contributed by atoms with van der Waals surface area (Å²) in [7, 11) is 0. The van der Waals surface area contributed by atoms with Crippen molar-refractivity contribution >= 4 is 10.8 Å². The largest absolute Gasteiger partial charge is 0.274 e. The standard InChI is InChI=1S/C15H14N4O/c1-11-13-6-2-3-7-14(13)15(20)19(18-11)10-12(9-17)5-4-8-16/h2-3,6-7,12H,4-5,10H2,1H3/t12-/m0/s1. The van der Waals surface area contributed by atoms with Crippen molar-refractivity contribution in [2.75, 3.05) is 0 Å². The lowest BCUT2D eigenvalue weighted by molar-refractivity contribution is 0.459. The molecule has 0 amide bonds. The third-order valence-corrected chi connectivity index (χ3v) is 3.23. The van der Waals surface area contributed by atoms with Crippen molar-refractivity contribution in [3.8, 4) is 12.1 Å². The molecule has 5 nitrogen and oxygen atoms in total. The Morgan fingerprint density at radius 2 is 2.00 bits per heavy atom. The minimum atomic E-state index is -0.375.